The summed E-state index contributed by atoms with van der Waals surface area (Å²) in [5.41, 5.74) is 0.235. The second-order valence-electron chi connectivity index (χ2n) is 8.87. The Morgan fingerprint density at radius 3 is 1.81 bits per heavy atom. The first-order valence-corrected chi connectivity index (χ1v) is 11.4. The molecular weight excluding hydrogens is 415 g/mol. The van der Waals surface area contributed by atoms with Crippen molar-refractivity contribution in [1.29, 1.82) is 0 Å². The minimum Gasteiger partial charge on any atom is -0.491 e. The first-order valence-electron chi connectivity index (χ1n) is 11.4. The van der Waals surface area contributed by atoms with Crippen LogP contribution in [-0.4, -0.2) is 90.5 Å². The molecule has 2 fully saturated rings. The summed E-state index contributed by atoms with van der Waals surface area (Å²) < 4.78 is 46.2. The van der Waals surface area contributed by atoms with Gasteiger partial charge in [0.1, 0.15) is 18.5 Å². The summed E-state index contributed by atoms with van der Waals surface area (Å²) in [6, 6.07) is 7.78. The fraction of sp³-hybridized carbons (Fsp3) is 0.739. The van der Waals surface area contributed by atoms with E-state index < -0.39 is 0 Å². The van der Waals surface area contributed by atoms with Gasteiger partial charge in [-0.1, -0.05) is 12.1 Å². The topological polar surface area (TPSA) is 73.8 Å². The van der Waals surface area contributed by atoms with Crippen LogP contribution in [0.4, 0.5) is 0 Å². The molecule has 0 N–H and O–H groups in total. The molecule has 8 nitrogen and oxygen atoms in total. The van der Waals surface area contributed by atoms with Crippen molar-refractivity contribution in [3.63, 3.8) is 0 Å². The second kappa shape index (κ2) is 12.3. The predicted molar refractivity (Wildman–Crippen MR) is 121 cm³/mol. The highest BCUT2D eigenvalue weighted by molar-refractivity contribution is 6.62. The number of rotatable bonds is 4. The third-order valence-corrected chi connectivity index (χ3v) is 5.84. The highest BCUT2D eigenvalue weighted by atomic mass is 16.7. The second-order valence-corrected chi connectivity index (χ2v) is 8.87. The highest BCUT2D eigenvalue weighted by Gasteiger charge is 2.51. The Morgan fingerprint density at radius 1 is 0.750 bits per heavy atom. The number of hydrogen-bond donors (Lipinski definition) is 0. The molecule has 9 heteroatoms. The van der Waals surface area contributed by atoms with Gasteiger partial charge < -0.3 is 37.7 Å². The first kappa shape index (κ1) is 25.4. The van der Waals surface area contributed by atoms with Gasteiger partial charge >= 0.3 is 7.12 Å². The van der Waals surface area contributed by atoms with E-state index in [9.17, 15) is 0 Å². The van der Waals surface area contributed by atoms with Gasteiger partial charge in [0.05, 0.1) is 70.7 Å². The summed E-state index contributed by atoms with van der Waals surface area (Å²) >= 11 is 0. The maximum absolute atomic E-state index is 6.11. The van der Waals surface area contributed by atoms with Gasteiger partial charge in [0.15, 0.2) is 0 Å². The van der Waals surface area contributed by atoms with Gasteiger partial charge in [0, 0.05) is 0 Å². The lowest BCUT2D eigenvalue weighted by molar-refractivity contribution is -0.0606. The van der Waals surface area contributed by atoms with Gasteiger partial charge in [-0.15, -0.1) is 0 Å². The van der Waals surface area contributed by atoms with E-state index in [0.29, 0.717) is 66.1 Å². The molecule has 0 spiro atoms. The minimum absolute atomic E-state index is 0.206. The van der Waals surface area contributed by atoms with Crippen LogP contribution in [0.1, 0.15) is 27.7 Å². The Kier molecular flexibility index (Phi) is 9.79. The SMILES string of the molecule is CC1(C)OB(c2ccc(OCC3COCCOCCOCCOCCO3)cc2)OC1(C)C. The van der Waals surface area contributed by atoms with E-state index in [1.807, 2.05) is 52.0 Å². The molecule has 1 atom stereocenters. The highest BCUT2D eigenvalue weighted by Crippen LogP contribution is 2.36. The zero-order valence-electron chi connectivity index (χ0n) is 19.8. The quantitative estimate of drug-likeness (QED) is 0.641. The molecule has 0 aromatic heterocycles. The van der Waals surface area contributed by atoms with Crippen molar-refractivity contribution >= 4 is 12.6 Å². The van der Waals surface area contributed by atoms with Crippen LogP contribution in [0.25, 0.3) is 0 Å². The monoisotopic (exact) mass is 452 g/mol. The molecule has 0 amide bonds. The molecule has 2 saturated heterocycles. The summed E-state index contributed by atoms with van der Waals surface area (Å²) in [6.07, 6.45) is -0.206. The number of ether oxygens (including phenoxy) is 6. The van der Waals surface area contributed by atoms with Crippen LogP contribution in [0, 0.1) is 0 Å². The smallest absolute Gasteiger partial charge is 0.491 e. The van der Waals surface area contributed by atoms with Crippen LogP contribution < -0.4 is 10.2 Å². The number of hydrogen-bond acceptors (Lipinski definition) is 8. The molecule has 1 unspecified atom stereocenters. The standard InChI is InChI=1S/C23H37BO8/c1-22(2)23(3,4)32-24(31-22)19-5-7-20(8-6-19)30-18-21-17-28-14-13-26-10-9-25-11-12-27-15-16-29-21/h5-8,21H,9-18H2,1-4H3. The summed E-state index contributed by atoms with van der Waals surface area (Å²) in [5, 5.41) is 0. The van der Waals surface area contributed by atoms with Crippen molar-refractivity contribution in [3.8, 4) is 5.75 Å². The molecule has 180 valence electrons. The molecule has 32 heavy (non-hydrogen) atoms. The van der Waals surface area contributed by atoms with E-state index in [2.05, 4.69) is 0 Å². The van der Waals surface area contributed by atoms with E-state index >= 15 is 0 Å². The van der Waals surface area contributed by atoms with Crippen LogP contribution in [-0.2, 0) is 33.0 Å². The van der Waals surface area contributed by atoms with Crippen LogP contribution in [0.2, 0.25) is 0 Å². The van der Waals surface area contributed by atoms with Crippen LogP contribution >= 0.6 is 0 Å². The Bertz CT molecular complexity index is 634. The summed E-state index contributed by atoms with van der Waals surface area (Å²) in [7, 11) is -0.387. The van der Waals surface area contributed by atoms with Crippen molar-refractivity contribution in [2.75, 3.05) is 66.1 Å². The van der Waals surface area contributed by atoms with Crippen LogP contribution in [0.3, 0.4) is 0 Å². The van der Waals surface area contributed by atoms with Crippen molar-refractivity contribution in [2.24, 2.45) is 0 Å². The fourth-order valence-electron chi connectivity index (χ4n) is 3.18. The minimum atomic E-state index is -0.387. The third kappa shape index (κ3) is 7.69. The maximum Gasteiger partial charge on any atom is 0.494 e. The molecule has 1 aromatic rings. The Labute approximate surface area is 191 Å². The third-order valence-electron chi connectivity index (χ3n) is 5.84. The Balaban J connectivity index is 1.47. The fourth-order valence-corrected chi connectivity index (χ4v) is 3.18. The van der Waals surface area contributed by atoms with Crippen LogP contribution in [0.15, 0.2) is 24.3 Å². The van der Waals surface area contributed by atoms with Gasteiger partial charge in [-0.05, 0) is 45.3 Å². The molecule has 0 saturated carbocycles. The van der Waals surface area contributed by atoms with Gasteiger partial charge in [-0.2, -0.15) is 0 Å². The molecule has 0 bridgehead atoms. The van der Waals surface area contributed by atoms with Gasteiger partial charge in [0.2, 0.25) is 0 Å². The van der Waals surface area contributed by atoms with Crippen LogP contribution in [0.5, 0.6) is 5.75 Å². The maximum atomic E-state index is 6.11. The average Bonchev–Trinajstić information content (AvgIpc) is 2.97. The van der Waals surface area contributed by atoms with Gasteiger partial charge in [-0.3, -0.25) is 0 Å². The van der Waals surface area contributed by atoms with Crippen molar-refractivity contribution in [1.82, 2.24) is 0 Å². The average molecular weight is 452 g/mol. The molecule has 1 aromatic carbocycles. The first-order chi connectivity index (χ1) is 15.4. The van der Waals surface area contributed by atoms with E-state index in [-0.39, 0.29) is 24.4 Å². The Morgan fingerprint density at radius 2 is 1.25 bits per heavy atom. The largest absolute Gasteiger partial charge is 0.494 e. The zero-order chi connectivity index (χ0) is 22.9. The van der Waals surface area contributed by atoms with Crippen molar-refractivity contribution in [2.45, 2.75) is 45.0 Å². The molecule has 0 aliphatic carbocycles. The lowest BCUT2D eigenvalue weighted by Crippen LogP contribution is -2.41. The lowest BCUT2D eigenvalue weighted by Gasteiger charge is -2.32. The van der Waals surface area contributed by atoms with Crippen molar-refractivity contribution < 1.29 is 37.7 Å². The van der Waals surface area contributed by atoms with Gasteiger partial charge in [-0.25, -0.2) is 0 Å². The van der Waals surface area contributed by atoms with E-state index in [4.69, 9.17) is 37.7 Å². The molecule has 3 rings (SSSR count). The summed E-state index contributed by atoms with van der Waals surface area (Å²) in [6.45, 7) is 13.2. The lowest BCUT2D eigenvalue weighted by atomic mass is 9.79. The van der Waals surface area contributed by atoms with E-state index in [0.717, 1.165) is 11.2 Å². The van der Waals surface area contributed by atoms with E-state index in [1.54, 1.807) is 0 Å². The molecule has 2 aliphatic heterocycles. The summed E-state index contributed by atoms with van der Waals surface area (Å²) in [5.74, 6) is 0.751. The van der Waals surface area contributed by atoms with Crippen molar-refractivity contribution in [3.05, 3.63) is 24.3 Å². The van der Waals surface area contributed by atoms with E-state index in [1.165, 1.54) is 0 Å². The molecule has 2 aliphatic rings. The predicted octanol–water partition coefficient (Wildman–Crippen LogP) is 1.83. The molecular formula is C23H37BO8. The van der Waals surface area contributed by atoms with Gasteiger partial charge in [0.25, 0.3) is 0 Å². The molecule has 2 heterocycles. The Hall–Kier alpha value is -1.20. The normalized spacial score (nSPS) is 25.6. The summed E-state index contributed by atoms with van der Waals surface area (Å²) in [4.78, 5) is 0. The zero-order valence-corrected chi connectivity index (χ0v) is 19.8. The molecule has 0 radical (unpaired) electrons. The number of benzene rings is 1.